The van der Waals surface area contributed by atoms with Crippen molar-refractivity contribution in [3.8, 4) is 23.0 Å². The van der Waals surface area contributed by atoms with Crippen molar-refractivity contribution in [1.82, 2.24) is 0 Å². The van der Waals surface area contributed by atoms with Crippen LogP contribution in [0.5, 0.6) is 0 Å². The van der Waals surface area contributed by atoms with Gasteiger partial charge < -0.3 is 0 Å². The van der Waals surface area contributed by atoms with E-state index >= 15 is 0 Å². The van der Waals surface area contributed by atoms with E-state index in [4.69, 9.17) is 0 Å². The Morgan fingerprint density at radius 2 is 1.42 bits per heavy atom. The van der Waals surface area contributed by atoms with E-state index in [2.05, 4.69) is 73.4 Å². The Morgan fingerprint density at radius 1 is 0.722 bits per heavy atom. The van der Waals surface area contributed by atoms with Gasteiger partial charge in [-0.3, -0.25) is 0 Å². The standard InChI is InChI=1S/C35H35F/c1-3-5-7-9-10-27-14-19-30(20-15-27)31-21-16-28(17-22-31)12-13-29-18-25-34-33(26-29)24-23-32(35(34)36)11-8-6-4-2/h4,6,14-26H,3,5,7-11H2,1-2H3/b6-4+. The maximum Gasteiger partial charge on any atom is 0.134 e. The largest absolute Gasteiger partial charge is 0.206 e. The van der Waals surface area contributed by atoms with Crippen molar-refractivity contribution in [2.45, 2.75) is 58.8 Å². The predicted molar refractivity (Wildman–Crippen MR) is 153 cm³/mol. The van der Waals surface area contributed by atoms with Crippen LogP contribution in [0, 0.1) is 17.7 Å². The molecule has 0 amide bonds. The van der Waals surface area contributed by atoms with Gasteiger partial charge >= 0.3 is 0 Å². The number of allylic oxidation sites excluding steroid dienone is 2. The molecule has 0 aromatic heterocycles. The number of hydrogen-bond acceptors (Lipinski definition) is 0. The van der Waals surface area contributed by atoms with Gasteiger partial charge in [0.25, 0.3) is 0 Å². The van der Waals surface area contributed by atoms with Gasteiger partial charge in [-0.25, -0.2) is 4.39 Å². The minimum absolute atomic E-state index is 0.114. The Morgan fingerprint density at radius 3 is 2.14 bits per heavy atom. The van der Waals surface area contributed by atoms with Crippen molar-refractivity contribution in [3.05, 3.63) is 119 Å². The third kappa shape index (κ3) is 6.73. The second-order valence-electron chi connectivity index (χ2n) is 9.42. The fraction of sp³-hybridized carbons (Fsp3) is 0.257. The molecule has 1 heteroatoms. The highest BCUT2D eigenvalue weighted by Crippen LogP contribution is 2.24. The van der Waals surface area contributed by atoms with Crippen LogP contribution >= 0.6 is 0 Å². The van der Waals surface area contributed by atoms with Crippen molar-refractivity contribution >= 4 is 10.8 Å². The molecule has 0 unspecified atom stereocenters. The van der Waals surface area contributed by atoms with E-state index in [-0.39, 0.29) is 5.82 Å². The Labute approximate surface area is 215 Å². The molecule has 0 heterocycles. The first-order valence-corrected chi connectivity index (χ1v) is 13.2. The molecule has 0 saturated heterocycles. The lowest BCUT2D eigenvalue weighted by Gasteiger charge is -2.06. The first-order chi connectivity index (χ1) is 17.7. The van der Waals surface area contributed by atoms with Crippen molar-refractivity contribution < 1.29 is 4.39 Å². The molecule has 0 nitrogen and oxygen atoms in total. The highest BCUT2D eigenvalue weighted by atomic mass is 19.1. The lowest BCUT2D eigenvalue weighted by atomic mass is 10.00. The second kappa shape index (κ2) is 12.9. The zero-order chi connectivity index (χ0) is 25.2. The summed E-state index contributed by atoms with van der Waals surface area (Å²) >= 11 is 0. The van der Waals surface area contributed by atoms with E-state index in [0.29, 0.717) is 11.8 Å². The summed E-state index contributed by atoms with van der Waals surface area (Å²) in [5, 5.41) is 1.55. The molecule has 4 rings (SSSR count). The van der Waals surface area contributed by atoms with E-state index in [1.165, 1.54) is 42.4 Å². The van der Waals surface area contributed by atoms with E-state index in [1.807, 2.05) is 43.3 Å². The molecule has 0 atom stereocenters. The highest BCUT2D eigenvalue weighted by Gasteiger charge is 2.07. The number of unbranched alkanes of at least 4 members (excludes halogenated alkanes) is 3. The Kier molecular flexibility index (Phi) is 9.12. The van der Waals surface area contributed by atoms with Gasteiger partial charge in [0.15, 0.2) is 0 Å². The van der Waals surface area contributed by atoms with Gasteiger partial charge in [-0.15, -0.1) is 0 Å². The quantitative estimate of drug-likeness (QED) is 0.129. The van der Waals surface area contributed by atoms with Crippen LogP contribution in [0.4, 0.5) is 4.39 Å². The van der Waals surface area contributed by atoms with Crippen LogP contribution in [0.2, 0.25) is 0 Å². The fourth-order valence-corrected chi connectivity index (χ4v) is 4.52. The van der Waals surface area contributed by atoms with Gasteiger partial charge in [0.05, 0.1) is 0 Å². The van der Waals surface area contributed by atoms with Crippen molar-refractivity contribution in [2.75, 3.05) is 0 Å². The molecule has 0 fully saturated rings. The van der Waals surface area contributed by atoms with Crippen LogP contribution in [0.3, 0.4) is 0 Å². The van der Waals surface area contributed by atoms with Crippen LogP contribution in [-0.4, -0.2) is 0 Å². The average Bonchev–Trinajstić information content (AvgIpc) is 2.92. The number of aryl methyl sites for hydroxylation is 2. The van der Waals surface area contributed by atoms with Gasteiger partial charge in [0.1, 0.15) is 5.82 Å². The predicted octanol–water partition coefficient (Wildman–Crippen LogP) is 9.68. The van der Waals surface area contributed by atoms with Crippen molar-refractivity contribution in [2.24, 2.45) is 0 Å². The maximum atomic E-state index is 14.9. The smallest absolute Gasteiger partial charge is 0.134 e. The van der Waals surface area contributed by atoms with Crippen LogP contribution < -0.4 is 0 Å². The Bertz CT molecular complexity index is 1360. The van der Waals surface area contributed by atoms with E-state index in [1.54, 1.807) is 0 Å². The summed E-state index contributed by atoms with van der Waals surface area (Å²) in [6, 6.07) is 27.0. The van der Waals surface area contributed by atoms with Gasteiger partial charge in [-0.05, 0) is 84.5 Å². The van der Waals surface area contributed by atoms with E-state index in [0.717, 1.165) is 34.9 Å². The molecular weight excluding hydrogens is 439 g/mol. The molecule has 0 spiro atoms. The summed E-state index contributed by atoms with van der Waals surface area (Å²) in [7, 11) is 0. The van der Waals surface area contributed by atoms with Gasteiger partial charge in [-0.1, -0.05) is 105 Å². The van der Waals surface area contributed by atoms with Crippen LogP contribution in [0.1, 0.15) is 68.2 Å². The number of halogens is 1. The molecule has 36 heavy (non-hydrogen) atoms. The third-order valence-electron chi connectivity index (χ3n) is 6.69. The Balaban J connectivity index is 1.42. The molecule has 4 aromatic rings. The summed E-state index contributed by atoms with van der Waals surface area (Å²) in [4.78, 5) is 0. The minimum Gasteiger partial charge on any atom is -0.206 e. The number of fused-ring (bicyclic) bond motifs is 1. The summed E-state index contributed by atoms with van der Waals surface area (Å²) in [6.45, 7) is 4.24. The van der Waals surface area contributed by atoms with Crippen LogP contribution in [0.25, 0.3) is 21.9 Å². The van der Waals surface area contributed by atoms with E-state index < -0.39 is 0 Å². The van der Waals surface area contributed by atoms with Gasteiger partial charge in [0, 0.05) is 16.5 Å². The molecular formula is C35H35F. The molecule has 4 aromatic carbocycles. The zero-order valence-electron chi connectivity index (χ0n) is 21.5. The molecule has 0 aliphatic carbocycles. The Hall–Kier alpha value is -3.63. The topological polar surface area (TPSA) is 0 Å². The maximum absolute atomic E-state index is 14.9. The number of benzene rings is 4. The monoisotopic (exact) mass is 474 g/mol. The fourth-order valence-electron chi connectivity index (χ4n) is 4.52. The number of rotatable bonds is 9. The average molecular weight is 475 g/mol. The summed E-state index contributed by atoms with van der Waals surface area (Å²) < 4.78 is 14.9. The highest BCUT2D eigenvalue weighted by molar-refractivity contribution is 5.85. The summed E-state index contributed by atoms with van der Waals surface area (Å²) in [5.74, 6) is 6.38. The first-order valence-electron chi connectivity index (χ1n) is 13.2. The lowest BCUT2D eigenvalue weighted by Crippen LogP contribution is -1.92. The molecule has 0 saturated carbocycles. The molecule has 0 aliphatic rings. The molecule has 0 N–H and O–H groups in total. The molecule has 182 valence electrons. The zero-order valence-corrected chi connectivity index (χ0v) is 21.5. The second-order valence-corrected chi connectivity index (χ2v) is 9.42. The summed E-state index contributed by atoms with van der Waals surface area (Å²) in [6.07, 6.45) is 12.0. The first kappa shape index (κ1) is 25.5. The van der Waals surface area contributed by atoms with Crippen LogP contribution in [-0.2, 0) is 12.8 Å². The normalized spacial score (nSPS) is 11.1. The van der Waals surface area contributed by atoms with E-state index in [9.17, 15) is 4.39 Å². The van der Waals surface area contributed by atoms with Gasteiger partial charge in [0.2, 0.25) is 0 Å². The molecule has 0 bridgehead atoms. The van der Waals surface area contributed by atoms with Gasteiger partial charge in [-0.2, -0.15) is 0 Å². The van der Waals surface area contributed by atoms with Crippen molar-refractivity contribution in [1.29, 1.82) is 0 Å². The summed E-state index contributed by atoms with van der Waals surface area (Å²) in [5.41, 5.74) is 6.47. The van der Waals surface area contributed by atoms with Crippen LogP contribution in [0.15, 0.2) is 91.0 Å². The minimum atomic E-state index is -0.114. The lowest BCUT2D eigenvalue weighted by molar-refractivity contribution is 0.621. The molecule has 0 radical (unpaired) electrons. The number of hydrogen-bond donors (Lipinski definition) is 0. The molecule has 0 aliphatic heterocycles. The third-order valence-corrected chi connectivity index (χ3v) is 6.69. The SMILES string of the molecule is C/C=C/CCc1ccc2cc(C#Cc3ccc(-c4ccc(CCCCCC)cc4)cc3)ccc2c1F. The van der Waals surface area contributed by atoms with Crippen molar-refractivity contribution in [3.63, 3.8) is 0 Å².